The molecule has 3 aromatic carbocycles. The van der Waals surface area contributed by atoms with Gasteiger partial charge in [-0.25, -0.2) is 4.90 Å². The number of hydrogen-bond donors (Lipinski definition) is 0. The van der Waals surface area contributed by atoms with Crippen molar-refractivity contribution in [2.24, 2.45) is 23.7 Å². The number of allylic oxidation sites excluding steroid dienone is 3. The van der Waals surface area contributed by atoms with Crippen molar-refractivity contribution in [1.29, 1.82) is 0 Å². The van der Waals surface area contributed by atoms with Gasteiger partial charge in [-0.05, 0) is 40.5 Å². The number of carbonyl (C=O) groups is 2. The summed E-state index contributed by atoms with van der Waals surface area (Å²) in [5.74, 6) is -2.68. The van der Waals surface area contributed by atoms with Crippen LogP contribution >= 0.6 is 0 Å². The van der Waals surface area contributed by atoms with E-state index < -0.39 is 35.4 Å². The van der Waals surface area contributed by atoms with Crippen LogP contribution in [0.2, 0.25) is 0 Å². The Morgan fingerprint density at radius 3 is 1.69 bits per heavy atom. The Kier molecular flexibility index (Phi) is 4.81. The van der Waals surface area contributed by atoms with E-state index in [0.717, 1.165) is 39.3 Å². The van der Waals surface area contributed by atoms with Crippen LogP contribution in [0.1, 0.15) is 16.7 Å². The number of halogens is 3. The van der Waals surface area contributed by atoms with E-state index in [1.54, 1.807) is 0 Å². The predicted molar refractivity (Wildman–Crippen MR) is 126 cm³/mol. The van der Waals surface area contributed by atoms with Gasteiger partial charge in [0.1, 0.15) is 0 Å². The Labute approximate surface area is 200 Å². The highest BCUT2D eigenvalue weighted by Crippen LogP contribution is 2.59. The van der Waals surface area contributed by atoms with Gasteiger partial charge < -0.3 is 0 Å². The van der Waals surface area contributed by atoms with Crippen LogP contribution in [-0.2, 0) is 15.8 Å². The molecule has 1 saturated carbocycles. The second-order valence-corrected chi connectivity index (χ2v) is 9.11. The number of carbonyl (C=O) groups excluding carboxylic acids is 2. The van der Waals surface area contributed by atoms with Crippen LogP contribution in [0, 0.1) is 23.7 Å². The molecular weight excluding hydrogens is 451 g/mol. The molecule has 2 fully saturated rings. The second-order valence-electron chi connectivity index (χ2n) is 9.11. The Bertz CT molecular complexity index is 1320. The van der Waals surface area contributed by atoms with Gasteiger partial charge in [0.05, 0.1) is 23.1 Å². The van der Waals surface area contributed by atoms with Crippen LogP contribution in [0.25, 0.3) is 5.57 Å². The molecule has 4 atom stereocenters. The average Bonchev–Trinajstić information content (AvgIpc) is 3.49. The maximum atomic E-state index is 13.6. The molecule has 6 heteroatoms. The van der Waals surface area contributed by atoms with Crippen LogP contribution < -0.4 is 4.90 Å². The van der Waals surface area contributed by atoms with Crippen LogP contribution in [0.4, 0.5) is 18.9 Å². The lowest BCUT2D eigenvalue weighted by Gasteiger charge is -2.22. The quantitative estimate of drug-likeness (QED) is 0.341. The van der Waals surface area contributed by atoms with Gasteiger partial charge in [-0.3, -0.25) is 9.59 Å². The first-order valence-electron chi connectivity index (χ1n) is 11.4. The molecule has 1 aliphatic heterocycles. The summed E-state index contributed by atoms with van der Waals surface area (Å²) < 4.78 is 39.8. The smallest absolute Gasteiger partial charge is 0.274 e. The lowest BCUT2D eigenvalue weighted by atomic mass is 9.85. The maximum absolute atomic E-state index is 13.6. The minimum Gasteiger partial charge on any atom is -0.274 e. The van der Waals surface area contributed by atoms with Gasteiger partial charge in [-0.1, -0.05) is 78.9 Å². The van der Waals surface area contributed by atoms with Gasteiger partial charge in [0, 0.05) is 11.8 Å². The monoisotopic (exact) mass is 471 g/mol. The molecule has 0 radical (unpaired) electrons. The lowest BCUT2D eigenvalue weighted by molar-refractivity contribution is -0.137. The third-order valence-corrected chi connectivity index (χ3v) is 7.26. The maximum Gasteiger partial charge on any atom is 0.416 e. The molecule has 1 heterocycles. The molecular formula is C29H20F3NO2. The summed E-state index contributed by atoms with van der Waals surface area (Å²) in [6.45, 7) is 0. The lowest BCUT2D eigenvalue weighted by Crippen LogP contribution is -2.33. The van der Waals surface area contributed by atoms with Gasteiger partial charge in [0.25, 0.3) is 0 Å². The highest BCUT2D eigenvalue weighted by atomic mass is 19.4. The van der Waals surface area contributed by atoms with E-state index in [2.05, 4.69) is 0 Å². The predicted octanol–water partition coefficient (Wildman–Crippen LogP) is 6.13. The Hall–Kier alpha value is -3.93. The van der Waals surface area contributed by atoms with Gasteiger partial charge in [0.2, 0.25) is 11.8 Å². The van der Waals surface area contributed by atoms with Crippen molar-refractivity contribution >= 4 is 23.1 Å². The van der Waals surface area contributed by atoms with E-state index in [0.29, 0.717) is 0 Å². The van der Waals surface area contributed by atoms with Crippen LogP contribution in [0.15, 0.2) is 103 Å². The second kappa shape index (κ2) is 7.80. The fourth-order valence-electron chi connectivity index (χ4n) is 5.88. The molecule has 0 spiro atoms. The number of anilines is 1. The van der Waals surface area contributed by atoms with Crippen LogP contribution in [0.3, 0.4) is 0 Å². The SMILES string of the molecule is O=C1[C@H]2[C@H](C(=O)N1c1cccc(C(F)(F)F)c1)[C@H]1C=C[C@H]2C1=C(c1ccccc1)c1ccccc1. The van der Waals surface area contributed by atoms with Crippen LogP contribution in [-0.4, -0.2) is 11.8 Å². The zero-order chi connectivity index (χ0) is 24.3. The molecule has 0 unspecified atom stereocenters. The van der Waals surface area contributed by atoms with E-state index in [-0.39, 0.29) is 17.5 Å². The van der Waals surface area contributed by atoms with Crippen molar-refractivity contribution in [1.82, 2.24) is 0 Å². The third-order valence-electron chi connectivity index (χ3n) is 7.26. The highest BCUT2D eigenvalue weighted by molar-refractivity contribution is 6.23. The molecule has 6 rings (SSSR count). The summed E-state index contributed by atoms with van der Waals surface area (Å²) in [4.78, 5) is 28.1. The zero-order valence-corrected chi connectivity index (χ0v) is 18.4. The number of nitrogens with zero attached hydrogens (tertiary/aromatic N) is 1. The largest absolute Gasteiger partial charge is 0.416 e. The summed E-state index contributed by atoms with van der Waals surface area (Å²) in [6.07, 6.45) is -0.601. The van der Waals surface area contributed by atoms with Gasteiger partial charge in [-0.2, -0.15) is 13.2 Å². The number of imide groups is 1. The Balaban J connectivity index is 1.45. The fraction of sp³-hybridized carbons (Fsp3) is 0.172. The van der Waals surface area contributed by atoms with Gasteiger partial charge >= 0.3 is 6.18 Å². The highest BCUT2D eigenvalue weighted by Gasteiger charge is 2.62. The normalized spacial score (nSPS) is 24.9. The third kappa shape index (κ3) is 3.27. The number of rotatable bonds is 3. The molecule has 3 aromatic rings. The van der Waals surface area contributed by atoms with Crippen molar-refractivity contribution in [3.63, 3.8) is 0 Å². The summed E-state index contributed by atoms with van der Waals surface area (Å²) in [7, 11) is 0. The molecule has 0 N–H and O–H groups in total. The number of amides is 2. The number of benzene rings is 3. The van der Waals surface area contributed by atoms with Crippen molar-refractivity contribution in [2.45, 2.75) is 6.18 Å². The standard InChI is InChI=1S/C29H20F3NO2/c30-29(31,32)19-12-7-13-20(16-19)33-27(34)25-21-14-15-22(26(25)28(33)35)24(21)23(17-8-3-1-4-9-17)18-10-5-2-6-11-18/h1-16,21-22,25-26H/t21-,22-,25+,26+/m0/s1. The zero-order valence-electron chi connectivity index (χ0n) is 18.4. The molecule has 0 aromatic heterocycles. The van der Waals surface area contributed by atoms with E-state index in [4.69, 9.17) is 0 Å². The molecule has 35 heavy (non-hydrogen) atoms. The molecule has 3 nitrogen and oxygen atoms in total. The summed E-state index contributed by atoms with van der Waals surface area (Å²) in [5, 5.41) is 0. The molecule has 1 saturated heterocycles. The summed E-state index contributed by atoms with van der Waals surface area (Å²) in [5.41, 5.74) is 3.13. The Morgan fingerprint density at radius 2 is 1.20 bits per heavy atom. The fourth-order valence-corrected chi connectivity index (χ4v) is 5.88. The van der Waals surface area contributed by atoms with Gasteiger partial charge in [0.15, 0.2) is 0 Å². The Morgan fingerprint density at radius 1 is 0.686 bits per heavy atom. The molecule has 174 valence electrons. The first kappa shape index (κ1) is 21.6. The average molecular weight is 471 g/mol. The molecule has 3 aliphatic rings. The summed E-state index contributed by atoms with van der Waals surface area (Å²) >= 11 is 0. The van der Waals surface area contributed by atoms with E-state index in [1.807, 2.05) is 72.8 Å². The molecule has 2 bridgehead atoms. The van der Waals surface area contributed by atoms with Crippen LogP contribution in [0.5, 0.6) is 0 Å². The number of hydrogen-bond acceptors (Lipinski definition) is 2. The number of fused-ring (bicyclic) bond motifs is 5. The van der Waals surface area contributed by atoms with Gasteiger partial charge in [-0.15, -0.1) is 0 Å². The van der Waals surface area contributed by atoms with Crippen molar-refractivity contribution in [2.75, 3.05) is 4.90 Å². The summed E-state index contributed by atoms with van der Waals surface area (Å²) in [6, 6.07) is 24.2. The first-order chi connectivity index (χ1) is 16.9. The molecule has 2 amide bonds. The van der Waals surface area contributed by atoms with Crippen molar-refractivity contribution in [3.8, 4) is 0 Å². The van der Waals surface area contributed by atoms with E-state index in [9.17, 15) is 22.8 Å². The van der Waals surface area contributed by atoms with Crippen molar-refractivity contribution < 1.29 is 22.8 Å². The minimum absolute atomic E-state index is 0.0273. The first-order valence-corrected chi connectivity index (χ1v) is 11.4. The molecule has 2 aliphatic carbocycles. The topological polar surface area (TPSA) is 37.4 Å². The number of alkyl halides is 3. The van der Waals surface area contributed by atoms with E-state index in [1.165, 1.54) is 12.1 Å². The van der Waals surface area contributed by atoms with E-state index >= 15 is 0 Å². The minimum atomic E-state index is -4.56. The van der Waals surface area contributed by atoms with Crippen molar-refractivity contribution in [3.05, 3.63) is 119 Å².